The van der Waals surface area contributed by atoms with E-state index in [0.717, 1.165) is 11.3 Å². The molecule has 0 saturated carbocycles. The minimum atomic E-state index is -0.533. The molecule has 2 rings (SSSR count). The normalized spacial score (nSPS) is 10.1. The molecular formula is C13H10N2O4S. The highest BCUT2D eigenvalue weighted by atomic mass is 32.1. The molecular weight excluding hydrogens is 280 g/mol. The molecule has 7 heteroatoms. The van der Waals surface area contributed by atoms with Gasteiger partial charge in [0, 0.05) is 17.8 Å². The van der Waals surface area contributed by atoms with Crippen LogP contribution in [0, 0.1) is 10.1 Å². The molecule has 1 amide bonds. The van der Waals surface area contributed by atoms with Gasteiger partial charge < -0.3 is 5.32 Å². The minimum absolute atomic E-state index is 0.0987. The van der Waals surface area contributed by atoms with Crippen molar-refractivity contribution in [1.82, 2.24) is 0 Å². The van der Waals surface area contributed by atoms with Crippen molar-refractivity contribution in [2.24, 2.45) is 0 Å². The van der Waals surface area contributed by atoms with Crippen molar-refractivity contribution >= 4 is 34.4 Å². The highest BCUT2D eigenvalue weighted by Crippen LogP contribution is 2.21. The summed E-state index contributed by atoms with van der Waals surface area (Å²) >= 11 is 1.08. The average Bonchev–Trinajstić information content (AvgIpc) is 2.88. The van der Waals surface area contributed by atoms with Gasteiger partial charge in [-0.25, -0.2) is 0 Å². The summed E-state index contributed by atoms with van der Waals surface area (Å²) in [7, 11) is 0. The first-order valence-corrected chi connectivity index (χ1v) is 6.45. The van der Waals surface area contributed by atoms with Crippen LogP contribution in [0.5, 0.6) is 0 Å². The second kappa shape index (κ2) is 5.62. The number of anilines is 1. The third-order valence-electron chi connectivity index (χ3n) is 2.49. The monoisotopic (exact) mass is 290 g/mol. The Kier molecular flexibility index (Phi) is 3.90. The Labute approximate surface area is 118 Å². The summed E-state index contributed by atoms with van der Waals surface area (Å²) in [5, 5.41) is 13.2. The molecule has 1 N–H and O–H groups in total. The molecule has 0 bridgehead atoms. The lowest BCUT2D eigenvalue weighted by Gasteiger charge is -2.02. The smallest absolute Gasteiger partial charge is 0.271 e. The maximum absolute atomic E-state index is 11.9. The summed E-state index contributed by atoms with van der Waals surface area (Å²) in [6.45, 7) is 1.42. The molecule has 1 aromatic heterocycles. The van der Waals surface area contributed by atoms with Gasteiger partial charge in [-0.1, -0.05) is 6.07 Å². The number of Topliss-reactive ketones (excluding diaryl/α,β-unsaturated/α-hetero) is 1. The highest BCUT2D eigenvalue weighted by molar-refractivity contribution is 7.16. The Morgan fingerprint density at radius 3 is 2.50 bits per heavy atom. The number of carbonyl (C=O) groups is 2. The van der Waals surface area contributed by atoms with E-state index in [-0.39, 0.29) is 11.5 Å². The zero-order chi connectivity index (χ0) is 14.7. The molecule has 0 aliphatic heterocycles. The van der Waals surface area contributed by atoms with Crippen LogP contribution in [0.2, 0.25) is 0 Å². The summed E-state index contributed by atoms with van der Waals surface area (Å²) in [6, 6.07) is 8.79. The minimum Gasteiger partial charge on any atom is -0.321 e. The van der Waals surface area contributed by atoms with Crippen molar-refractivity contribution in [3.8, 4) is 0 Å². The predicted molar refractivity (Wildman–Crippen MR) is 75.4 cm³/mol. The Morgan fingerprint density at radius 1 is 1.20 bits per heavy atom. The molecule has 20 heavy (non-hydrogen) atoms. The number of ketones is 1. The molecule has 6 nitrogen and oxygen atoms in total. The number of hydrogen-bond donors (Lipinski definition) is 1. The fourth-order valence-corrected chi connectivity index (χ4v) is 2.34. The van der Waals surface area contributed by atoms with Crippen LogP contribution in [0.15, 0.2) is 36.4 Å². The Balaban J connectivity index is 2.16. The Bertz CT molecular complexity index is 693. The number of nitro groups is 1. The van der Waals surface area contributed by atoms with Crippen molar-refractivity contribution < 1.29 is 14.5 Å². The van der Waals surface area contributed by atoms with Gasteiger partial charge in [-0.05, 0) is 25.1 Å². The number of nitro benzene ring substituents is 1. The lowest BCUT2D eigenvalue weighted by atomic mass is 10.2. The first-order valence-electron chi connectivity index (χ1n) is 5.64. The van der Waals surface area contributed by atoms with E-state index in [9.17, 15) is 19.7 Å². The first-order chi connectivity index (χ1) is 9.47. The molecule has 0 spiro atoms. The number of non-ortho nitro benzene ring substituents is 1. The topological polar surface area (TPSA) is 89.3 Å². The van der Waals surface area contributed by atoms with Gasteiger partial charge in [-0.15, -0.1) is 11.3 Å². The fraction of sp³-hybridized carbons (Fsp3) is 0.0769. The van der Waals surface area contributed by atoms with E-state index in [1.54, 1.807) is 18.2 Å². The van der Waals surface area contributed by atoms with E-state index < -0.39 is 10.8 Å². The quantitative estimate of drug-likeness (QED) is 0.532. The summed E-state index contributed by atoms with van der Waals surface area (Å²) < 4.78 is 0. The molecule has 0 aliphatic rings. The van der Waals surface area contributed by atoms with Gasteiger partial charge in [-0.2, -0.15) is 0 Å². The van der Waals surface area contributed by atoms with Crippen molar-refractivity contribution in [2.75, 3.05) is 5.32 Å². The summed E-state index contributed by atoms with van der Waals surface area (Å²) in [6.07, 6.45) is 0. The van der Waals surface area contributed by atoms with Crippen LogP contribution in [0.1, 0.15) is 26.3 Å². The van der Waals surface area contributed by atoms with E-state index in [4.69, 9.17) is 0 Å². The van der Waals surface area contributed by atoms with Crippen LogP contribution in [-0.4, -0.2) is 16.6 Å². The summed E-state index contributed by atoms with van der Waals surface area (Å²) in [5.74, 6) is -0.507. The van der Waals surface area contributed by atoms with Crippen LogP contribution in [-0.2, 0) is 0 Å². The van der Waals surface area contributed by atoms with Gasteiger partial charge in [0.25, 0.3) is 11.6 Å². The lowest BCUT2D eigenvalue weighted by Crippen LogP contribution is -2.10. The number of thiophene rings is 1. The third-order valence-corrected chi connectivity index (χ3v) is 3.68. The Morgan fingerprint density at radius 2 is 1.90 bits per heavy atom. The number of nitrogens with one attached hydrogen (secondary N) is 1. The predicted octanol–water partition coefficient (Wildman–Crippen LogP) is 3.11. The highest BCUT2D eigenvalue weighted by Gasteiger charge is 2.13. The molecule has 0 saturated heterocycles. The number of rotatable bonds is 4. The van der Waals surface area contributed by atoms with Gasteiger partial charge in [-0.3, -0.25) is 19.7 Å². The lowest BCUT2D eigenvalue weighted by molar-refractivity contribution is -0.384. The SMILES string of the molecule is CC(=O)c1ccc(C(=O)Nc2cccc([N+](=O)[O-])c2)s1. The van der Waals surface area contributed by atoms with Crippen LogP contribution in [0.4, 0.5) is 11.4 Å². The van der Waals surface area contributed by atoms with E-state index in [2.05, 4.69) is 5.32 Å². The van der Waals surface area contributed by atoms with E-state index >= 15 is 0 Å². The van der Waals surface area contributed by atoms with Gasteiger partial charge in [0.15, 0.2) is 5.78 Å². The van der Waals surface area contributed by atoms with Gasteiger partial charge in [0.1, 0.15) is 0 Å². The molecule has 0 radical (unpaired) electrons. The molecule has 102 valence electrons. The van der Waals surface area contributed by atoms with E-state index in [0.29, 0.717) is 15.4 Å². The third kappa shape index (κ3) is 3.07. The van der Waals surface area contributed by atoms with Crippen LogP contribution in [0.3, 0.4) is 0 Å². The number of carbonyl (C=O) groups excluding carboxylic acids is 2. The molecule has 0 atom stereocenters. The largest absolute Gasteiger partial charge is 0.321 e. The summed E-state index contributed by atoms with van der Waals surface area (Å²) in [5.41, 5.74) is 0.236. The fourth-order valence-electron chi connectivity index (χ4n) is 1.54. The maximum Gasteiger partial charge on any atom is 0.271 e. The zero-order valence-electron chi connectivity index (χ0n) is 10.5. The van der Waals surface area contributed by atoms with Crippen LogP contribution < -0.4 is 5.32 Å². The molecule has 0 fully saturated rings. The number of benzene rings is 1. The van der Waals surface area contributed by atoms with Crippen LogP contribution >= 0.6 is 11.3 Å². The van der Waals surface area contributed by atoms with Crippen molar-refractivity contribution in [1.29, 1.82) is 0 Å². The van der Waals surface area contributed by atoms with Crippen molar-refractivity contribution in [2.45, 2.75) is 6.92 Å². The molecule has 1 heterocycles. The van der Waals surface area contributed by atoms with Crippen LogP contribution in [0.25, 0.3) is 0 Å². The molecule has 0 aliphatic carbocycles. The zero-order valence-corrected chi connectivity index (χ0v) is 11.3. The standard InChI is InChI=1S/C13H10N2O4S/c1-8(16)11-5-6-12(20-11)13(17)14-9-3-2-4-10(7-9)15(18)19/h2-7H,1H3,(H,14,17). The average molecular weight is 290 g/mol. The maximum atomic E-state index is 11.9. The molecule has 1 aromatic carbocycles. The Hall–Kier alpha value is -2.54. The van der Waals surface area contributed by atoms with Gasteiger partial charge >= 0.3 is 0 Å². The second-order valence-corrected chi connectivity index (χ2v) is 5.07. The first kappa shape index (κ1) is 13.9. The van der Waals surface area contributed by atoms with Gasteiger partial charge in [0.05, 0.1) is 14.7 Å². The van der Waals surface area contributed by atoms with Crippen molar-refractivity contribution in [3.05, 3.63) is 56.3 Å². The van der Waals surface area contributed by atoms with Crippen molar-refractivity contribution in [3.63, 3.8) is 0 Å². The van der Waals surface area contributed by atoms with E-state index in [1.807, 2.05) is 0 Å². The summed E-state index contributed by atoms with van der Waals surface area (Å²) in [4.78, 5) is 34.1. The van der Waals surface area contributed by atoms with Gasteiger partial charge in [0.2, 0.25) is 0 Å². The number of nitrogens with zero attached hydrogens (tertiary/aromatic N) is 1. The number of hydrogen-bond acceptors (Lipinski definition) is 5. The second-order valence-electron chi connectivity index (χ2n) is 3.98. The molecule has 2 aromatic rings. The number of amides is 1. The van der Waals surface area contributed by atoms with E-state index in [1.165, 1.54) is 25.1 Å². The molecule has 0 unspecified atom stereocenters.